The molecule has 1 N–H and O–H groups in total. The number of nitrogens with one attached hydrogen (secondary N) is 1. The van der Waals surface area contributed by atoms with E-state index in [2.05, 4.69) is 30.4 Å². The zero-order chi connectivity index (χ0) is 23.4. The standard InChI is InChI=1S/C27H25ClN4O/c1-19(29-30-26(33)21-14-16-22(28)17-15-21)27(2,3)25-18-24(20-10-6-4-7-11-20)31-32(25)23-12-8-5-9-13-23/h4-18H,1-3H3,(H,30,33)/b29-19+. The number of aromatic nitrogens is 2. The highest BCUT2D eigenvalue weighted by molar-refractivity contribution is 6.30. The maximum absolute atomic E-state index is 12.5. The molecule has 6 heteroatoms. The molecular formula is C27H25ClN4O. The number of halogens is 1. The fraction of sp³-hybridized carbons (Fsp3) is 0.148. The average Bonchev–Trinajstić information content (AvgIpc) is 3.30. The van der Waals surface area contributed by atoms with Gasteiger partial charge in [0.05, 0.1) is 17.1 Å². The number of nitrogens with zero attached hydrogens (tertiary/aromatic N) is 3. The summed E-state index contributed by atoms with van der Waals surface area (Å²) in [7, 11) is 0. The van der Waals surface area contributed by atoms with Gasteiger partial charge >= 0.3 is 0 Å². The number of para-hydroxylation sites is 1. The summed E-state index contributed by atoms with van der Waals surface area (Å²) in [6.07, 6.45) is 0. The topological polar surface area (TPSA) is 59.3 Å². The quantitative estimate of drug-likeness (QED) is 0.274. The highest BCUT2D eigenvalue weighted by atomic mass is 35.5. The number of hydrogen-bond acceptors (Lipinski definition) is 3. The van der Waals surface area contributed by atoms with Crippen LogP contribution in [-0.2, 0) is 5.41 Å². The van der Waals surface area contributed by atoms with Crippen LogP contribution in [0.5, 0.6) is 0 Å². The number of rotatable bonds is 6. The third-order valence-corrected chi connectivity index (χ3v) is 6.01. The molecule has 33 heavy (non-hydrogen) atoms. The summed E-state index contributed by atoms with van der Waals surface area (Å²) >= 11 is 5.92. The Morgan fingerprint density at radius 2 is 1.55 bits per heavy atom. The van der Waals surface area contributed by atoms with Gasteiger partial charge in [0, 0.05) is 27.3 Å². The van der Waals surface area contributed by atoms with Gasteiger partial charge in [-0.05, 0) is 63.2 Å². The van der Waals surface area contributed by atoms with E-state index in [0.29, 0.717) is 10.6 Å². The van der Waals surface area contributed by atoms with Crippen LogP contribution in [0, 0.1) is 0 Å². The lowest BCUT2D eigenvalue weighted by Gasteiger charge is -2.25. The number of hydrogen-bond donors (Lipinski definition) is 1. The van der Waals surface area contributed by atoms with Gasteiger partial charge in [-0.25, -0.2) is 10.1 Å². The van der Waals surface area contributed by atoms with E-state index in [1.54, 1.807) is 24.3 Å². The lowest BCUT2D eigenvalue weighted by atomic mass is 9.84. The van der Waals surface area contributed by atoms with E-state index in [1.807, 2.05) is 72.3 Å². The van der Waals surface area contributed by atoms with E-state index >= 15 is 0 Å². The molecule has 0 bridgehead atoms. The van der Waals surface area contributed by atoms with Crippen molar-refractivity contribution >= 4 is 23.2 Å². The zero-order valence-corrected chi connectivity index (χ0v) is 19.5. The van der Waals surface area contributed by atoms with Gasteiger partial charge in [0.25, 0.3) is 5.91 Å². The van der Waals surface area contributed by atoms with E-state index in [1.165, 1.54) is 0 Å². The van der Waals surface area contributed by atoms with Gasteiger partial charge in [-0.15, -0.1) is 0 Å². The molecule has 0 aliphatic rings. The molecule has 3 aromatic carbocycles. The van der Waals surface area contributed by atoms with E-state index in [-0.39, 0.29) is 5.91 Å². The Bertz CT molecular complexity index is 1280. The number of carbonyl (C=O) groups is 1. The Morgan fingerprint density at radius 3 is 2.18 bits per heavy atom. The van der Waals surface area contributed by atoms with Crippen LogP contribution in [0.15, 0.2) is 96.1 Å². The summed E-state index contributed by atoms with van der Waals surface area (Å²) < 4.78 is 1.95. The van der Waals surface area contributed by atoms with Crippen LogP contribution in [0.2, 0.25) is 5.02 Å². The van der Waals surface area contributed by atoms with Crippen molar-refractivity contribution in [2.75, 3.05) is 0 Å². The molecule has 0 saturated carbocycles. The van der Waals surface area contributed by atoms with Crippen molar-refractivity contribution in [2.24, 2.45) is 5.10 Å². The van der Waals surface area contributed by atoms with Crippen LogP contribution >= 0.6 is 11.6 Å². The largest absolute Gasteiger partial charge is 0.271 e. The number of benzene rings is 3. The summed E-state index contributed by atoms with van der Waals surface area (Å²) in [6, 6.07) is 28.9. The second kappa shape index (κ2) is 9.43. The molecule has 0 spiro atoms. The summed E-state index contributed by atoms with van der Waals surface area (Å²) in [6.45, 7) is 6.06. The van der Waals surface area contributed by atoms with Crippen molar-refractivity contribution in [1.82, 2.24) is 15.2 Å². The summed E-state index contributed by atoms with van der Waals surface area (Å²) in [5.74, 6) is -0.289. The second-order valence-electron chi connectivity index (χ2n) is 8.30. The maximum Gasteiger partial charge on any atom is 0.271 e. The number of amides is 1. The maximum atomic E-state index is 12.5. The fourth-order valence-corrected chi connectivity index (χ4v) is 3.59. The molecular weight excluding hydrogens is 432 g/mol. The number of carbonyl (C=O) groups excluding carboxylic acids is 1. The van der Waals surface area contributed by atoms with Gasteiger partial charge in [0.15, 0.2) is 0 Å². The third-order valence-electron chi connectivity index (χ3n) is 5.76. The number of hydrazone groups is 1. The lowest BCUT2D eigenvalue weighted by Crippen LogP contribution is -2.32. The zero-order valence-electron chi connectivity index (χ0n) is 18.8. The molecule has 0 fully saturated rings. The van der Waals surface area contributed by atoms with E-state index in [4.69, 9.17) is 16.7 Å². The molecule has 1 amide bonds. The predicted octanol–water partition coefficient (Wildman–Crippen LogP) is 6.28. The molecule has 1 aromatic heterocycles. The monoisotopic (exact) mass is 456 g/mol. The molecule has 0 aliphatic heterocycles. The van der Waals surface area contributed by atoms with Gasteiger partial charge in [-0.2, -0.15) is 10.2 Å². The average molecular weight is 457 g/mol. The van der Waals surface area contributed by atoms with Gasteiger partial charge in [0.2, 0.25) is 0 Å². The van der Waals surface area contributed by atoms with Gasteiger partial charge < -0.3 is 0 Å². The summed E-state index contributed by atoms with van der Waals surface area (Å²) in [5.41, 5.74) is 7.24. The van der Waals surface area contributed by atoms with Crippen molar-refractivity contribution in [2.45, 2.75) is 26.2 Å². The van der Waals surface area contributed by atoms with Crippen LogP contribution in [0.25, 0.3) is 16.9 Å². The minimum atomic E-state index is -0.511. The molecule has 166 valence electrons. The Balaban J connectivity index is 1.69. The lowest BCUT2D eigenvalue weighted by molar-refractivity contribution is 0.0954. The van der Waals surface area contributed by atoms with Crippen molar-refractivity contribution < 1.29 is 4.79 Å². The molecule has 0 unspecified atom stereocenters. The highest BCUT2D eigenvalue weighted by Crippen LogP contribution is 2.31. The first-order valence-electron chi connectivity index (χ1n) is 10.7. The summed E-state index contributed by atoms with van der Waals surface area (Å²) in [5, 5.41) is 9.92. The van der Waals surface area contributed by atoms with Crippen molar-refractivity contribution in [1.29, 1.82) is 0 Å². The smallest absolute Gasteiger partial charge is 0.267 e. The molecule has 5 nitrogen and oxygen atoms in total. The van der Waals surface area contributed by atoms with Crippen molar-refractivity contribution in [3.05, 3.63) is 107 Å². The molecule has 4 aromatic rings. The van der Waals surface area contributed by atoms with E-state index in [9.17, 15) is 4.79 Å². The molecule has 0 saturated heterocycles. The van der Waals surface area contributed by atoms with Crippen LogP contribution in [0.1, 0.15) is 36.8 Å². The van der Waals surface area contributed by atoms with Gasteiger partial charge in [0.1, 0.15) is 0 Å². The Labute approximate surface area is 198 Å². The van der Waals surface area contributed by atoms with Gasteiger partial charge in [-0.1, -0.05) is 60.1 Å². The first-order chi connectivity index (χ1) is 15.9. The molecule has 0 atom stereocenters. The normalized spacial score (nSPS) is 11.9. The second-order valence-corrected chi connectivity index (χ2v) is 8.73. The van der Waals surface area contributed by atoms with Crippen LogP contribution in [-0.4, -0.2) is 21.4 Å². The van der Waals surface area contributed by atoms with E-state index < -0.39 is 5.41 Å². The molecule has 4 rings (SSSR count). The van der Waals surface area contributed by atoms with Crippen LogP contribution in [0.4, 0.5) is 0 Å². The first kappa shape index (κ1) is 22.5. The van der Waals surface area contributed by atoms with Crippen molar-refractivity contribution in [3.63, 3.8) is 0 Å². The molecule has 1 heterocycles. The molecule has 0 aliphatic carbocycles. The van der Waals surface area contributed by atoms with Crippen LogP contribution in [0.3, 0.4) is 0 Å². The minimum Gasteiger partial charge on any atom is -0.267 e. The Kier molecular flexibility index (Phi) is 6.43. The Morgan fingerprint density at radius 1 is 0.939 bits per heavy atom. The van der Waals surface area contributed by atoms with Gasteiger partial charge in [-0.3, -0.25) is 4.79 Å². The summed E-state index contributed by atoms with van der Waals surface area (Å²) in [4.78, 5) is 12.5. The SMILES string of the molecule is C/C(=N\NC(=O)c1ccc(Cl)cc1)C(C)(C)c1cc(-c2ccccc2)nn1-c1ccccc1. The fourth-order valence-electron chi connectivity index (χ4n) is 3.47. The predicted molar refractivity (Wildman–Crippen MR) is 134 cm³/mol. The highest BCUT2D eigenvalue weighted by Gasteiger charge is 2.30. The first-order valence-corrected chi connectivity index (χ1v) is 11.1. The van der Waals surface area contributed by atoms with Crippen molar-refractivity contribution in [3.8, 4) is 16.9 Å². The minimum absolute atomic E-state index is 0.289. The Hall–Kier alpha value is -3.70. The molecule has 0 radical (unpaired) electrons. The van der Waals surface area contributed by atoms with E-state index in [0.717, 1.165) is 28.4 Å². The van der Waals surface area contributed by atoms with Crippen LogP contribution < -0.4 is 5.43 Å². The third kappa shape index (κ3) is 4.89.